The molecular weight excluding hydrogens is 277 g/mol. The van der Waals surface area contributed by atoms with E-state index in [-0.39, 0.29) is 30.1 Å². The average molecular weight is 293 g/mol. The van der Waals surface area contributed by atoms with Gasteiger partial charge in [-0.2, -0.15) is 0 Å². The van der Waals surface area contributed by atoms with Gasteiger partial charge in [-0.3, -0.25) is 0 Å². The predicted molar refractivity (Wildman–Crippen MR) is 75.3 cm³/mol. The second-order valence-corrected chi connectivity index (χ2v) is 4.42. The Labute approximate surface area is 121 Å². The topological polar surface area (TPSA) is 90.4 Å². The van der Waals surface area contributed by atoms with Crippen LogP contribution in [0.2, 0.25) is 0 Å². The lowest BCUT2D eigenvalue weighted by Crippen LogP contribution is -2.10. The highest BCUT2D eigenvalue weighted by atomic mass is 19.1. The van der Waals surface area contributed by atoms with Gasteiger partial charge in [0.2, 0.25) is 0 Å². The normalized spacial score (nSPS) is 10.4. The highest BCUT2D eigenvalue weighted by Crippen LogP contribution is 2.23. The van der Waals surface area contributed by atoms with E-state index in [1.807, 2.05) is 0 Å². The van der Waals surface area contributed by atoms with E-state index in [0.717, 1.165) is 6.07 Å². The Bertz CT molecular complexity index is 655. The van der Waals surface area contributed by atoms with Gasteiger partial charge in [-0.25, -0.2) is 9.18 Å². The Morgan fingerprint density at radius 1 is 1.48 bits per heavy atom. The summed E-state index contributed by atoms with van der Waals surface area (Å²) in [7, 11) is 0. The van der Waals surface area contributed by atoms with Gasteiger partial charge in [0, 0.05) is 11.8 Å². The largest absolute Gasteiger partial charge is 0.462 e. The van der Waals surface area contributed by atoms with E-state index in [4.69, 9.17) is 15.0 Å². The van der Waals surface area contributed by atoms with Crippen LogP contribution >= 0.6 is 0 Å². The maximum Gasteiger partial charge on any atom is 0.340 e. The van der Waals surface area contributed by atoms with Gasteiger partial charge in [0.05, 0.1) is 24.4 Å². The second kappa shape index (κ2) is 6.25. The number of anilines is 2. The van der Waals surface area contributed by atoms with Crippen molar-refractivity contribution in [3.05, 3.63) is 41.0 Å². The van der Waals surface area contributed by atoms with Crippen LogP contribution in [0.3, 0.4) is 0 Å². The number of carbonyl (C=O) groups is 1. The van der Waals surface area contributed by atoms with E-state index in [2.05, 4.69) is 10.5 Å². The lowest BCUT2D eigenvalue weighted by molar-refractivity contribution is 0.0527. The number of aryl methyl sites for hydroxylation is 1. The lowest BCUT2D eigenvalue weighted by atomic mass is 10.1. The van der Waals surface area contributed by atoms with Crippen LogP contribution in [0.5, 0.6) is 0 Å². The molecule has 2 aromatic rings. The Kier molecular flexibility index (Phi) is 4.42. The van der Waals surface area contributed by atoms with Crippen LogP contribution < -0.4 is 11.1 Å². The molecule has 0 atom stereocenters. The molecule has 0 saturated carbocycles. The standard InChI is InChI=1S/C14H16FN3O3/c1-3-20-14(19)10-5-13(11(15)6-12(10)16)17-7-9-4-8(2)21-18-9/h4-6,17H,3,7,16H2,1-2H3. The zero-order valence-corrected chi connectivity index (χ0v) is 11.8. The molecule has 0 unspecified atom stereocenters. The second-order valence-electron chi connectivity index (χ2n) is 4.42. The third-order valence-corrected chi connectivity index (χ3v) is 2.77. The Morgan fingerprint density at radius 2 is 2.24 bits per heavy atom. The number of hydrogen-bond donors (Lipinski definition) is 2. The van der Waals surface area contributed by atoms with Crippen molar-refractivity contribution in [2.45, 2.75) is 20.4 Å². The third-order valence-electron chi connectivity index (χ3n) is 2.77. The summed E-state index contributed by atoms with van der Waals surface area (Å²) in [6, 6.07) is 4.15. The van der Waals surface area contributed by atoms with Gasteiger partial charge >= 0.3 is 5.97 Å². The number of nitrogens with zero attached hydrogens (tertiary/aromatic N) is 1. The zero-order chi connectivity index (χ0) is 15.4. The molecule has 6 nitrogen and oxygen atoms in total. The summed E-state index contributed by atoms with van der Waals surface area (Å²) >= 11 is 0. The van der Waals surface area contributed by atoms with Crippen LogP contribution in [0.4, 0.5) is 15.8 Å². The fraction of sp³-hybridized carbons (Fsp3) is 0.286. The van der Waals surface area contributed by atoms with Crippen LogP contribution in [-0.2, 0) is 11.3 Å². The molecule has 21 heavy (non-hydrogen) atoms. The van der Waals surface area contributed by atoms with Crippen molar-refractivity contribution in [3.63, 3.8) is 0 Å². The first-order chi connectivity index (χ1) is 10.0. The molecule has 0 aliphatic rings. The van der Waals surface area contributed by atoms with Crippen molar-refractivity contribution in [3.8, 4) is 0 Å². The van der Waals surface area contributed by atoms with Crippen LogP contribution in [0.25, 0.3) is 0 Å². The van der Waals surface area contributed by atoms with Crippen molar-refractivity contribution in [1.82, 2.24) is 5.16 Å². The van der Waals surface area contributed by atoms with Crippen molar-refractivity contribution < 1.29 is 18.4 Å². The maximum absolute atomic E-state index is 13.8. The lowest BCUT2D eigenvalue weighted by Gasteiger charge is -2.10. The minimum atomic E-state index is -0.588. The zero-order valence-electron chi connectivity index (χ0n) is 11.8. The molecule has 0 amide bonds. The first-order valence-electron chi connectivity index (χ1n) is 6.43. The number of carbonyl (C=O) groups excluding carboxylic acids is 1. The Morgan fingerprint density at radius 3 is 2.86 bits per heavy atom. The van der Waals surface area contributed by atoms with Crippen molar-refractivity contribution >= 4 is 17.3 Å². The minimum Gasteiger partial charge on any atom is -0.462 e. The summed E-state index contributed by atoms with van der Waals surface area (Å²) in [5.74, 6) is -0.479. The number of halogens is 1. The number of aromatic nitrogens is 1. The molecule has 0 bridgehead atoms. The highest BCUT2D eigenvalue weighted by Gasteiger charge is 2.15. The molecule has 112 valence electrons. The number of hydrogen-bond acceptors (Lipinski definition) is 6. The van der Waals surface area contributed by atoms with Crippen LogP contribution in [-0.4, -0.2) is 17.7 Å². The van der Waals surface area contributed by atoms with E-state index in [1.54, 1.807) is 19.9 Å². The number of rotatable bonds is 5. The number of nitrogens with one attached hydrogen (secondary N) is 1. The van der Waals surface area contributed by atoms with E-state index in [1.165, 1.54) is 6.07 Å². The SMILES string of the molecule is CCOC(=O)c1cc(NCc2cc(C)on2)c(F)cc1N. The van der Waals surface area contributed by atoms with Gasteiger partial charge < -0.3 is 20.3 Å². The molecule has 3 N–H and O–H groups in total. The van der Waals surface area contributed by atoms with Crippen LogP contribution in [0.1, 0.15) is 28.7 Å². The molecule has 1 heterocycles. The van der Waals surface area contributed by atoms with Gasteiger partial charge in [-0.15, -0.1) is 0 Å². The van der Waals surface area contributed by atoms with E-state index >= 15 is 0 Å². The average Bonchev–Trinajstić information content (AvgIpc) is 2.83. The molecule has 2 rings (SSSR count). The fourth-order valence-corrected chi connectivity index (χ4v) is 1.80. The monoisotopic (exact) mass is 293 g/mol. The quantitative estimate of drug-likeness (QED) is 0.650. The molecule has 1 aromatic heterocycles. The molecule has 0 aliphatic heterocycles. The number of nitrogen functional groups attached to an aromatic ring is 1. The predicted octanol–water partition coefficient (Wildman–Crippen LogP) is 2.49. The summed E-state index contributed by atoms with van der Waals surface area (Å²) in [4.78, 5) is 11.7. The van der Waals surface area contributed by atoms with Gasteiger partial charge in [-0.1, -0.05) is 5.16 Å². The molecule has 0 fully saturated rings. The first kappa shape index (κ1) is 14.8. The number of ether oxygens (including phenoxy) is 1. The third kappa shape index (κ3) is 3.50. The smallest absolute Gasteiger partial charge is 0.340 e. The van der Waals surface area contributed by atoms with Gasteiger partial charge in [-0.05, 0) is 26.0 Å². The summed E-state index contributed by atoms with van der Waals surface area (Å²) in [6.45, 7) is 3.93. The van der Waals surface area contributed by atoms with E-state index < -0.39 is 11.8 Å². The summed E-state index contributed by atoms with van der Waals surface area (Å²) in [5.41, 5.74) is 6.57. The van der Waals surface area contributed by atoms with E-state index in [0.29, 0.717) is 11.5 Å². The summed E-state index contributed by atoms with van der Waals surface area (Å²) in [5, 5.41) is 6.64. The molecule has 0 saturated heterocycles. The highest BCUT2D eigenvalue weighted by molar-refractivity contribution is 5.96. The number of benzene rings is 1. The van der Waals surface area contributed by atoms with Crippen molar-refractivity contribution in [2.24, 2.45) is 0 Å². The Hall–Kier alpha value is -2.57. The molecule has 1 aromatic carbocycles. The van der Waals surface area contributed by atoms with Gasteiger partial charge in [0.15, 0.2) is 0 Å². The molecule has 7 heteroatoms. The Balaban J connectivity index is 2.18. The van der Waals surface area contributed by atoms with Crippen molar-refractivity contribution in [2.75, 3.05) is 17.7 Å². The molecule has 0 aliphatic carbocycles. The maximum atomic E-state index is 13.8. The summed E-state index contributed by atoms with van der Waals surface area (Å²) in [6.07, 6.45) is 0. The molecule has 0 radical (unpaired) electrons. The molecule has 0 spiro atoms. The number of esters is 1. The number of nitrogens with two attached hydrogens (primary N) is 1. The van der Waals surface area contributed by atoms with Gasteiger partial charge in [0.25, 0.3) is 0 Å². The van der Waals surface area contributed by atoms with Gasteiger partial charge in [0.1, 0.15) is 17.3 Å². The van der Waals surface area contributed by atoms with Crippen molar-refractivity contribution in [1.29, 1.82) is 0 Å². The van der Waals surface area contributed by atoms with Crippen LogP contribution in [0.15, 0.2) is 22.7 Å². The van der Waals surface area contributed by atoms with Crippen LogP contribution in [0, 0.1) is 12.7 Å². The first-order valence-corrected chi connectivity index (χ1v) is 6.43. The fourth-order valence-electron chi connectivity index (χ4n) is 1.80. The summed E-state index contributed by atoms with van der Waals surface area (Å²) < 4.78 is 23.6. The van der Waals surface area contributed by atoms with E-state index in [9.17, 15) is 9.18 Å². The molecular formula is C14H16FN3O3. The minimum absolute atomic E-state index is 0.0359.